The van der Waals surface area contributed by atoms with Gasteiger partial charge in [-0.25, -0.2) is 0 Å². The van der Waals surface area contributed by atoms with Crippen LogP contribution in [0, 0.1) is 18.8 Å². The lowest BCUT2D eigenvalue weighted by Gasteiger charge is -2.13. The molecule has 156 valence electrons. The number of rotatable bonds is 9. The average Bonchev–Trinajstić information content (AvgIpc) is 3.27. The van der Waals surface area contributed by atoms with Gasteiger partial charge in [-0.2, -0.15) is 0 Å². The Hall–Kier alpha value is -2.48. The SMILES string of the molecule is Cc1nnc(N2CC(C(=O)NCCc3cccc(OCCC(C)C)c3)CC2=O)s1. The first-order chi connectivity index (χ1) is 13.9. The van der Waals surface area contributed by atoms with Crippen LogP contribution in [0.3, 0.4) is 0 Å². The Morgan fingerprint density at radius 3 is 2.93 bits per heavy atom. The Bertz CT molecular complexity index is 852. The lowest BCUT2D eigenvalue weighted by atomic mass is 10.1. The fourth-order valence-electron chi connectivity index (χ4n) is 3.14. The zero-order chi connectivity index (χ0) is 20.8. The van der Waals surface area contributed by atoms with E-state index in [0.29, 0.717) is 37.2 Å². The quantitative estimate of drug-likeness (QED) is 0.679. The maximum atomic E-state index is 12.5. The summed E-state index contributed by atoms with van der Waals surface area (Å²) < 4.78 is 5.79. The highest BCUT2D eigenvalue weighted by Gasteiger charge is 2.36. The number of aryl methyl sites for hydroxylation is 1. The molecule has 29 heavy (non-hydrogen) atoms. The summed E-state index contributed by atoms with van der Waals surface area (Å²) in [6.07, 6.45) is 1.95. The monoisotopic (exact) mass is 416 g/mol. The average molecular weight is 417 g/mol. The van der Waals surface area contributed by atoms with Crippen molar-refractivity contribution in [2.24, 2.45) is 11.8 Å². The first-order valence-corrected chi connectivity index (χ1v) is 10.8. The number of carbonyl (C=O) groups excluding carboxylic acids is 2. The molecule has 0 bridgehead atoms. The van der Waals surface area contributed by atoms with E-state index in [1.54, 1.807) is 4.90 Å². The zero-order valence-corrected chi connectivity index (χ0v) is 18.0. The van der Waals surface area contributed by atoms with Crippen molar-refractivity contribution in [3.05, 3.63) is 34.8 Å². The molecule has 0 saturated carbocycles. The van der Waals surface area contributed by atoms with E-state index >= 15 is 0 Å². The molecular weight excluding hydrogens is 388 g/mol. The summed E-state index contributed by atoms with van der Waals surface area (Å²) >= 11 is 1.37. The van der Waals surface area contributed by atoms with E-state index in [-0.39, 0.29) is 24.2 Å². The van der Waals surface area contributed by atoms with Crippen LogP contribution in [0.1, 0.15) is 37.3 Å². The summed E-state index contributed by atoms with van der Waals surface area (Å²) in [5, 5.41) is 12.3. The number of aromatic nitrogens is 2. The number of benzene rings is 1. The van der Waals surface area contributed by atoms with Crippen molar-refractivity contribution in [1.29, 1.82) is 0 Å². The van der Waals surface area contributed by atoms with Crippen molar-refractivity contribution in [3.8, 4) is 5.75 Å². The number of nitrogens with one attached hydrogen (secondary N) is 1. The molecule has 2 aromatic rings. The number of hydrogen-bond acceptors (Lipinski definition) is 6. The van der Waals surface area contributed by atoms with Gasteiger partial charge in [-0.1, -0.05) is 37.3 Å². The van der Waals surface area contributed by atoms with Crippen LogP contribution in [-0.2, 0) is 16.0 Å². The third-order valence-electron chi connectivity index (χ3n) is 4.82. The third kappa shape index (κ3) is 6.00. The number of nitrogens with zero attached hydrogens (tertiary/aromatic N) is 3. The van der Waals surface area contributed by atoms with Crippen LogP contribution in [0.15, 0.2) is 24.3 Å². The Morgan fingerprint density at radius 1 is 1.38 bits per heavy atom. The smallest absolute Gasteiger partial charge is 0.229 e. The molecule has 0 spiro atoms. The van der Waals surface area contributed by atoms with E-state index in [4.69, 9.17) is 4.74 Å². The first-order valence-electron chi connectivity index (χ1n) is 10.0. The Labute approximate surface area is 175 Å². The molecule has 1 aromatic carbocycles. The number of hydrogen-bond donors (Lipinski definition) is 1. The molecule has 1 atom stereocenters. The fourth-order valence-corrected chi connectivity index (χ4v) is 3.86. The van der Waals surface area contributed by atoms with Crippen LogP contribution in [0.2, 0.25) is 0 Å². The molecule has 0 radical (unpaired) electrons. The van der Waals surface area contributed by atoms with Crippen molar-refractivity contribution in [1.82, 2.24) is 15.5 Å². The lowest BCUT2D eigenvalue weighted by molar-refractivity contribution is -0.126. The van der Waals surface area contributed by atoms with Gasteiger partial charge in [0.15, 0.2) is 0 Å². The molecule has 1 aliphatic heterocycles. The van der Waals surface area contributed by atoms with E-state index in [0.717, 1.165) is 22.7 Å². The molecule has 3 rings (SSSR count). The second kappa shape index (κ2) is 9.82. The van der Waals surface area contributed by atoms with Crippen molar-refractivity contribution in [2.75, 3.05) is 24.6 Å². The molecule has 2 heterocycles. The van der Waals surface area contributed by atoms with E-state index in [1.807, 2.05) is 31.2 Å². The number of amides is 2. The third-order valence-corrected chi connectivity index (χ3v) is 5.68. The van der Waals surface area contributed by atoms with Gasteiger partial charge >= 0.3 is 0 Å². The molecule has 1 saturated heterocycles. The minimum absolute atomic E-state index is 0.0763. The molecular formula is C21H28N4O3S. The molecule has 1 N–H and O–H groups in total. The summed E-state index contributed by atoms with van der Waals surface area (Å²) in [6, 6.07) is 7.97. The van der Waals surface area contributed by atoms with E-state index in [2.05, 4.69) is 29.4 Å². The molecule has 2 amide bonds. The van der Waals surface area contributed by atoms with E-state index in [9.17, 15) is 9.59 Å². The fraction of sp³-hybridized carbons (Fsp3) is 0.524. The second-order valence-electron chi connectivity index (χ2n) is 7.73. The van der Waals surface area contributed by atoms with Gasteiger partial charge in [0.25, 0.3) is 0 Å². The van der Waals surface area contributed by atoms with Crippen molar-refractivity contribution in [3.63, 3.8) is 0 Å². The molecule has 1 aromatic heterocycles. The van der Waals surface area contributed by atoms with Crippen LogP contribution in [0.5, 0.6) is 5.75 Å². The number of carbonyl (C=O) groups is 2. The Morgan fingerprint density at radius 2 is 2.21 bits per heavy atom. The number of anilines is 1. The van der Waals surface area contributed by atoms with Gasteiger partial charge in [0.1, 0.15) is 10.8 Å². The summed E-state index contributed by atoms with van der Waals surface area (Å²) in [6.45, 7) is 7.78. The van der Waals surface area contributed by atoms with Crippen LogP contribution in [-0.4, -0.2) is 41.7 Å². The number of ether oxygens (including phenoxy) is 1. The highest BCUT2D eigenvalue weighted by atomic mass is 32.1. The topological polar surface area (TPSA) is 84.4 Å². The van der Waals surface area contributed by atoms with Gasteiger partial charge in [-0.3, -0.25) is 14.5 Å². The van der Waals surface area contributed by atoms with Crippen LogP contribution >= 0.6 is 11.3 Å². The van der Waals surface area contributed by atoms with Crippen LogP contribution in [0.4, 0.5) is 5.13 Å². The normalized spacial score (nSPS) is 16.5. The summed E-state index contributed by atoms with van der Waals surface area (Å²) in [5.41, 5.74) is 1.11. The molecule has 8 heteroatoms. The molecule has 1 aliphatic rings. The van der Waals surface area contributed by atoms with Gasteiger partial charge < -0.3 is 10.1 Å². The van der Waals surface area contributed by atoms with Crippen LogP contribution in [0.25, 0.3) is 0 Å². The van der Waals surface area contributed by atoms with Crippen molar-refractivity contribution >= 4 is 28.3 Å². The van der Waals surface area contributed by atoms with E-state index in [1.165, 1.54) is 11.3 Å². The first kappa shape index (κ1) is 21.2. The van der Waals surface area contributed by atoms with Gasteiger partial charge in [-0.15, -0.1) is 10.2 Å². The largest absolute Gasteiger partial charge is 0.494 e. The van der Waals surface area contributed by atoms with Crippen LogP contribution < -0.4 is 15.0 Å². The standard InChI is InChI=1S/C21H28N4O3S/c1-14(2)8-10-28-18-6-4-5-16(11-18)7-9-22-20(27)17-12-19(26)25(13-17)21-24-23-15(3)29-21/h4-6,11,14,17H,7-10,12-13H2,1-3H3,(H,22,27). The van der Waals surface area contributed by atoms with Gasteiger partial charge in [0.2, 0.25) is 16.9 Å². The molecule has 7 nitrogen and oxygen atoms in total. The summed E-state index contributed by atoms with van der Waals surface area (Å²) in [7, 11) is 0. The Kier molecular flexibility index (Phi) is 7.19. The zero-order valence-electron chi connectivity index (χ0n) is 17.2. The predicted molar refractivity (Wildman–Crippen MR) is 113 cm³/mol. The maximum Gasteiger partial charge on any atom is 0.229 e. The minimum atomic E-state index is -0.350. The summed E-state index contributed by atoms with van der Waals surface area (Å²) in [4.78, 5) is 26.3. The second-order valence-corrected chi connectivity index (χ2v) is 8.89. The van der Waals surface area contributed by atoms with Gasteiger partial charge in [0, 0.05) is 19.5 Å². The highest BCUT2D eigenvalue weighted by Crippen LogP contribution is 2.27. The molecule has 1 fully saturated rings. The minimum Gasteiger partial charge on any atom is -0.494 e. The summed E-state index contributed by atoms with van der Waals surface area (Å²) in [5.74, 6) is 0.956. The van der Waals surface area contributed by atoms with Gasteiger partial charge in [-0.05, 0) is 43.4 Å². The van der Waals surface area contributed by atoms with E-state index < -0.39 is 0 Å². The Balaban J connectivity index is 1.45. The van der Waals surface area contributed by atoms with Gasteiger partial charge in [0.05, 0.1) is 12.5 Å². The molecule has 0 aliphatic carbocycles. The van der Waals surface area contributed by atoms with Crippen molar-refractivity contribution < 1.29 is 14.3 Å². The predicted octanol–water partition coefficient (Wildman–Crippen LogP) is 2.98. The molecule has 1 unspecified atom stereocenters. The van der Waals surface area contributed by atoms with Crippen molar-refractivity contribution in [2.45, 2.75) is 40.0 Å². The maximum absolute atomic E-state index is 12.5. The highest BCUT2D eigenvalue weighted by molar-refractivity contribution is 7.15. The lowest BCUT2D eigenvalue weighted by Crippen LogP contribution is -2.34.